The molecule has 0 aliphatic carbocycles. The van der Waals surface area contributed by atoms with Gasteiger partial charge in [-0.15, -0.1) is 0 Å². The van der Waals surface area contributed by atoms with Gasteiger partial charge in [0.25, 0.3) is 5.91 Å². The number of amides is 1. The van der Waals surface area contributed by atoms with Crippen molar-refractivity contribution in [2.24, 2.45) is 7.05 Å². The van der Waals surface area contributed by atoms with Gasteiger partial charge in [0.2, 0.25) is 0 Å². The first-order valence-corrected chi connectivity index (χ1v) is 9.72. The lowest BCUT2D eigenvalue weighted by Gasteiger charge is -2.08. The molecule has 1 aromatic carbocycles. The average Bonchev–Trinajstić information content (AvgIpc) is 2.98. The fourth-order valence-corrected chi connectivity index (χ4v) is 3.39. The van der Waals surface area contributed by atoms with Gasteiger partial charge in [0.05, 0.1) is 4.90 Å². The highest BCUT2D eigenvalue weighted by Gasteiger charge is 2.24. The largest absolute Gasteiger partial charge is 0.354 e. The van der Waals surface area contributed by atoms with Gasteiger partial charge in [-0.1, -0.05) is 12.1 Å². The number of rotatable bonds is 4. The molecule has 26 heavy (non-hydrogen) atoms. The van der Waals surface area contributed by atoms with E-state index in [0.717, 1.165) is 11.8 Å². The summed E-state index contributed by atoms with van der Waals surface area (Å²) in [6, 6.07) is 10.0. The second-order valence-electron chi connectivity index (χ2n) is 5.81. The van der Waals surface area contributed by atoms with Crippen LogP contribution in [0, 0.1) is 0 Å². The van der Waals surface area contributed by atoms with Crippen molar-refractivity contribution >= 4 is 15.7 Å². The molecule has 3 aromatic rings. The number of carbonyl (C=O) groups excluding carboxylic acids is 1. The molecule has 0 unspecified atom stereocenters. The van der Waals surface area contributed by atoms with Gasteiger partial charge < -0.3 is 5.32 Å². The predicted octanol–water partition coefficient (Wildman–Crippen LogP) is 1.91. The Bertz CT molecular complexity index is 1060. The zero-order chi connectivity index (χ0) is 18.9. The molecule has 8 heteroatoms. The molecule has 7 nitrogen and oxygen atoms in total. The average molecular weight is 370 g/mol. The van der Waals surface area contributed by atoms with Crippen LogP contribution in [0.5, 0.6) is 0 Å². The Morgan fingerprint density at radius 1 is 1.04 bits per heavy atom. The summed E-state index contributed by atoms with van der Waals surface area (Å²) in [4.78, 5) is 16.7. The lowest BCUT2D eigenvalue weighted by Crippen LogP contribution is -2.21. The molecular formula is C18H18N4O3S. The van der Waals surface area contributed by atoms with E-state index in [1.807, 2.05) is 12.1 Å². The van der Waals surface area contributed by atoms with Crippen LogP contribution in [0.25, 0.3) is 22.4 Å². The van der Waals surface area contributed by atoms with Crippen LogP contribution < -0.4 is 5.32 Å². The molecule has 0 spiro atoms. The van der Waals surface area contributed by atoms with Gasteiger partial charge in [0.15, 0.2) is 9.84 Å². The quantitative estimate of drug-likeness (QED) is 0.757. The Kier molecular flexibility index (Phi) is 4.60. The van der Waals surface area contributed by atoms with E-state index in [1.54, 1.807) is 38.6 Å². The van der Waals surface area contributed by atoms with E-state index in [0.29, 0.717) is 22.5 Å². The highest BCUT2D eigenvalue weighted by Crippen LogP contribution is 2.34. The number of aromatic nitrogens is 3. The third kappa shape index (κ3) is 3.23. The highest BCUT2D eigenvalue weighted by atomic mass is 32.2. The molecule has 0 aliphatic rings. The number of nitrogens with zero attached hydrogens (tertiary/aromatic N) is 3. The normalized spacial score (nSPS) is 11.3. The van der Waals surface area contributed by atoms with Gasteiger partial charge in [-0.3, -0.25) is 14.5 Å². The van der Waals surface area contributed by atoms with Crippen LogP contribution in [0.2, 0.25) is 0 Å². The summed E-state index contributed by atoms with van der Waals surface area (Å²) in [5, 5.41) is 7.13. The molecule has 0 fully saturated rings. The van der Waals surface area contributed by atoms with E-state index in [4.69, 9.17) is 0 Å². The van der Waals surface area contributed by atoms with Gasteiger partial charge >= 0.3 is 0 Å². The molecule has 0 saturated heterocycles. The van der Waals surface area contributed by atoms with Crippen LogP contribution in [0.1, 0.15) is 10.5 Å². The molecule has 134 valence electrons. The number of pyridine rings is 1. The molecular weight excluding hydrogens is 352 g/mol. The first kappa shape index (κ1) is 17.8. The van der Waals surface area contributed by atoms with Gasteiger partial charge in [-0.2, -0.15) is 5.10 Å². The number of sulfone groups is 1. The first-order chi connectivity index (χ1) is 12.3. The second kappa shape index (κ2) is 6.72. The molecule has 0 radical (unpaired) electrons. The van der Waals surface area contributed by atoms with Gasteiger partial charge in [0.1, 0.15) is 11.4 Å². The molecule has 1 N–H and O–H groups in total. The van der Waals surface area contributed by atoms with Crippen molar-refractivity contribution in [1.82, 2.24) is 20.1 Å². The molecule has 0 saturated carbocycles. The van der Waals surface area contributed by atoms with E-state index in [1.165, 1.54) is 16.8 Å². The zero-order valence-electron chi connectivity index (χ0n) is 14.6. The number of aryl methyl sites for hydroxylation is 1. The van der Waals surface area contributed by atoms with Crippen LogP contribution in [-0.2, 0) is 16.9 Å². The van der Waals surface area contributed by atoms with Crippen molar-refractivity contribution in [1.29, 1.82) is 0 Å². The van der Waals surface area contributed by atoms with Crippen LogP contribution in [0.3, 0.4) is 0 Å². The molecule has 2 aromatic heterocycles. The fraction of sp³-hybridized carbons (Fsp3) is 0.167. The Balaban J connectivity index is 2.26. The maximum absolute atomic E-state index is 12.4. The number of hydrogen-bond acceptors (Lipinski definition) is 5. The van der Waals surface area contributed by atoms with E-state index in [9.17, 15) is 13.2 Å². The molecule has 1 amide bonds. The Morgan fingerprint density at radius 3 is 2.19 bits per heavy atom. The van der Waals surface area contributed by atoms with Gasteiger partial charge in [-0.25, -0.2) is 8.42 Å². The van der Waals surface area contributed by atoms with E-state index < -0.39 is 9.84 Å². The minimum absolute atomic E-state index is 0.220. The monoisotopic (exact) mass is 370 g/mol. The maximum Gasteiger partial charge on any atom is 0.269 e. The predicted molar refractivity (Wildman–Crippen MR) is 98.4 cm³/mol. The van der Waals surface area contributed by atoms with E-state index in [-0.39, 0.29) is 10.8 Å². The number of benzene rings is 1. The standard InChI is InChI=1S/C18H18N4O3S/c1-19-18(23)17-15(12-4-6-14(7-5-12)26(3,24)25)16(21-22(17)2)13-8-10-20-11-9-13/h4-11H,1-3H3,(H,19,23). The third-order valence-corrected chi connectivity index (χ3v) is 5.14. The molecule has 0 bridgehead atoms. The Morgan fingerprint density at radius 2 is 1.65 bits per heavy atom. The van der Waals surface area contributed by atoms with Crippen molar-refractivity contribution in [2.75, 3.05) is 13.3 Å². The zero-order valence-corrected chi connectivity index (χ0v) is 15.4. The molecule has 0 aliphatic heterocycles. The molecule has 0 atom stereocenters. The van der Waals surface area contributed by atoms with Crippen LogP contribution in [0.4, 0.5) is 0 Å². The summed E-state index contributed by atoms with van der Waals surface area (Å²) < 4.78 is 24.9. The summed E-state index contributed by atoms with van der Waals surface area (Å²) in [7, 11) is -0.0467. The van der Waals surface area contributed by atoms with Crippen molar-refractivity contribution in [3.8, 4) is 22.4 Å². The summed E-state index contributed by atoms with van der Waals surface area (Å²) in [6.45, 7) is 0. The van der Waals surface area contributed by atoms with Crippen molar-refractivity contribution < 1.29 is 13.2 Å². The summed E-state index contributed by atoms with van der Waals surface area (Å²) >= 11 is 0. The minimum Gasteiger partial charge on any atom is -0.354 e. The van der Waals surface area contributed by atoms with Crippen molar-refractivity contribution in [3.05, 3.63) is 54.5 Å². The van der Waals surface area contributed by atoms with Crippen LogP contribution >= 0.6 is 0 Å². The number of hydrogen-bond donors (Lipinski definition) is 1. The topological polar surface area (TPSA) is 93.9 Å². The van der Waals surface area contributed by atoms with E-state index in [2.05, 4.69) is 15.4 Å². The van der Waals surface area contributed by atoms with Crippen LogP contribution in [0.15, 0.2) is 53.7 Å². The van der Waals surface area contributed by atoms with Crippen molar-refractivity contribution in [3.63, 3.8) is 0 Å². The first-order valence-electron chi connectivity index (χ1n) is 7.83. The van der Waals surface area contributed by atoms with Gasteiger partial charge in [0, 0.05) is 43.9 Å². The third-order valence-electron chi connectivity index (χ3n) is 4.01. The number of carbonyl (C=O) groups is 1. The van der Waals surface area contributed by atoms with E-state index >= 15 is 0 Å². The second-order valence-corrected chi connectivity index (χ2v) is 7.82. The minimum atomic E-state index is -3.30. The summed E-state index contributed by atoms with van der Waals surface area (Å²) in [5.41, 5.74) is 3.17. The van der Waals surface area contributed by atoms with Crippen LogP contribution in [-0.4, -0.2) is 42.4 Å². The Hall–Kier alpha value is -3.00. The molecule has 3 rings (SSSR count). The molecule has 2 heterocycles. The van der Waals surface area contributed by atoms with Crippen molar-refractivity contribution in [2.45, 2.75) is 4.90 Å². The summed E-state index contributed by atoms with van der Waals surface area (Å²) in [5.74, 6) is -0.275. The summed E-state index contributed by atoms with van der Waals surface area (Å²) in [6.07, 6.45) is 4.46. The smallest absolute Gasteiger partial charge is 0.269 e. The maximum atomic E-state index is 12.4. The highest BCUT2D eigenvalue weighted by molar-refractivity contribution is 7.90. The Labute approximate surface area is 151 Å². The van der Waals surface area contributed by atoms with Gasteiger partial charge in [-0.05, 0) is 29.8 Å². The fourth-order valence-electron chi connectivity index (χ4n) is 2.76. The number of nitrogens with one attached hydrogen (secondary N) is 1. The lowest BCUT2D eigenvalue weighted by molar-refractivity contribution is 0.0954. The lowest BCUT2D eigenvalue weighted by atomic mass is 9.99. The SMILES string of the molecule is CNC(=O)c1c(-c2ccc(S(C)(=O)=O)cc2)c(-c2ccncc2)nn1C.